The number of alkyl halides is 5. The number of aromatic nitrogens is 1. The zero-order chi connectivity index (χ0) is 13.2. The number of rotatable bonds is 2. The molecule has 9 heteroatoms. The Hall–Kier alpha value is -1.62. The normalized spacial score (nSPS) is 11.4. The first-order chi connectivity index (χ1) is 7.74. The molecule has 0 aromatic carbocycles. The number of hydrogen-bond donors (Lipinski definition) is 0. The molecule has 17 heavy (non-hydrogen) atoms. The minimum absolute atomic E-state index is 0.463. The molecule has 0 aliphatic heterocycles. The van der Waals surface area contributed by atoms with Crippen LogP contribution in [0, 0.1) is 11.3 Å². The topological polar surface area (TPSA) is 45.9 Å². The summed E-state index contributed by atoms with van der Waals surface area (Å²) in [5.74, 6) is -1.000. The molecule has 1 rings (SSSR count). The van der Waals surface area contributed by atoms with E-state index in [0.29, 0.717) is 6.07 Å². The van der Waals surface area contributed by atoms with Gasteiger partial charge in [-0.25, -0.2) is 13.8 Å². The summed E-state index contributed by atoms with van der Waals surface area (Å²) >= 11 is 5.23. The highest BCUT2D eigenvalue weighted by Gasteiger charge is 2.33. The van der Waals surface area contributed by atoms with Gasteiger partial charge >= 0.3 is 6.36 Å². The van der Waals surface area contributed by atoms with Crippen molar-refractivity contribution in [2.24, 2.45) is 0 Å². The van der Waals surface area contributed by atoms with E-state index >= 15 is 0 Å². The molecule has 0 radical (unpaired) electrons. The van der Waals surface area contributed by atoms with Crippen LogP contribution in [0.1, 0.15) is 17.7 Å². The Labute approximate surface area is 96.4 Å². The molecule has 1 heterocycles. The Kier molecular flexibility index (Phi) is 3.72. The van der Waals surface area contributed by atoms with Gasteiger partial charge < -0.3 is 4.74 Å². The fraction of sp³-hybridized carbons (Fsp3) is 0.250. The summed E-state index contributed by atoms with van der Waals surface area (Å²) in [5.41, 5.74) is -1.73. The summed E-state index contributed by atoms with van der Waals surface area (Å²) < 4.78 is 63.7. The van der Waals surface area contributed by atoms with Crippen molar-refractivity contribution in [1.29, 1.82) is 5.26 Å². The van der Waals surface area contributed by atoms with Gasteiger partial charge in [0.05, 0.1) is 5.56 Å². The van der Waals surface area contributed by atoms with E-state index in [-0.39, 0.29) is 0 Å². The minimum Gasteiger partial charge on any atom is -0.402 e. The van der Waals surface area contributed by atoms with Crippen LogP contribution in [0.3, 0.4) is 0 Å². The second-order valence-electron chi connectivity index (χ2n) is 2.67. The molecule has 3 nitrogen and oxygen atoms in total. The lowest BCUT2D eigenvalue weighted by molar-refractivity contribution is -0.274. The molecule has 0 saturated heterocycles. The molecule has 0 bridgehead atoms. The van der Waals surface area contributed by atoms with Crippen LogP contribution in [0.25, 0.3) is 0 Å². The van der Waals surface area contributed by atoms with Crippen molar-refractivity contribution in [3.8, 4) is 11.8 Å². The molecule has 0 fully saturated rings. The Morgan fingerprint density at radius 1 is 1.41 bits per heavy atom. The average Bonchev–Trinajstić information content (AvgIpc) is 2.18. The van der Waals surface area contributed by atoms with Crippen molar-refractivity contribution in [3.05, 3.63) is 22.5 Å². The molecule has 0 aliphatic rings. The van der Waals surface area contributed by atoms with Gasteiger partial charge in [-0.3, -0.25) is 0 Å². The summed E-state index contributed by atoms with van der Waals surface area (Å²) in [5, 5.41) is 7.59. The molecule has 0 spiro atoms. The van der Waals surface area contributed by atoms with Crippen molar-refractivity contribution in [2.45, 2.75) is 12.8 Å². The van der Waals surface area contributed by atoms with E-state index in [2.05, 4.69) is 9.72 Å². The number of hydrogen-bond acceptors (Lipinski definition) is 3. The van der Waals surface area contributed by atoms with Gasteiger partial charge in [0.1, 0.15) is 11.8 Å². The van der Waals surface area contributed by atoms with Crippen LogP contribution in [0.4, 0.5) is 22.0 Å². The fourth-order valence-electron chi connectivity index (χ4n) is 0.938. The molecule has 1 aromatic heterocycles. The predicted octanol–water partition coefficient (Wildman–Crippen LogP) is 3.44. The van der Waals surface area contributed by atoms with Crippen LogP contribution in [-0.2, 0) is 0 Å². The quantitative estimate of drug-likeness (QED) is 0.612. The molecule has 1 aromatic rings. The Morgan fingerprint density at radius 3 is 2.41 bits per heavy atom. The van der Waals surface area contributed by atoms with E-state index in [1.807, 2.05) is 0 Å². The predicted molar refractivity (Wildman–Crippen MR) is 45.6 cm³/mol. The lowest BCUT2D eigenvalue weighted by Gasteiger charge is -2.11. The lowest BCUT2D eigenvalue weighted by atomic mass is 10.2. The molecular weight excluding hydrogens is 271 g/mol. The fourth-order valence-corrected chi connectivity index (χ4v) is 1.12. The van der Waals surface area contributed by atoms with Gasteiger partial charge in [0.15, 0.2) is 10.9 Å². The Bertz CT molecular complexity index is 468. The van der Waals surface area contributed by atoms with E-state index in [1.54, 1.807) is 0 Å². The largest absolute Gasteiger partial charge is 0.573 e. The highest BCUT2D eigenvalue weighted by atomic mass is 35.5. The SMILES string of the molecule is N#Cc1cc(OC(F)(F)F)c(Cl)nc1C(F)F. The Balaban J connectivity index is 3.24. The number of ether oxygens (including phenoxy) is 1. The molecule has 0 amide bonds. The second kappa shape index (κ2) is 4.71. The van der Waals surface area contributed by atoms with Crippen LogP contribution in [0.2, 0.25) is 5.15 Å². The van der Waals surface area contributed by atoms with E-state index in [1.165, 1.54) is 6.07 Å². The third kappa shape index (κ3) is 3.42. The summed E-state index contributed by atoms with van der Waals surface area (Å²) in [4.78, 5) is 3.00. The summed E-state index contributed by atoms with van der Waals surface area (Å²) in [6.45, 7) is 0. The van der Waals surface area contributed by atoms with Gasteiger partial charge in [-0.15, -0.1) is 13.2 Å². The van der Waals surface area contributed by atoms with Gasteiger partial charge in [0.2, 0.25) is 0 Å². The number of halogens is 6. The van der Waals surface area contributed by atoms with Gasteiger partial charge in [-0.05, 0) is 0 Å². The Morgan fingerprint density at radius 2 is 2.00 bits per heavy atom. The van der Waals surface area contributed by atoms with E-state index in [0.717, 1.165) is 0 Å². The zero-order valence-corrected chi connectivity index (χ0v) is 8.48. The minimum atomic E-state index is -5.05. The van der Waals surface area contributed by atoms with Crippen molar-refractivity contribution in [3.63, 3.8) is 0 Å². The number of nitrogens with zero attached hydrogens (tertiary/aromatic N) is 2. The van der Waals surface area contributed by atoms with Gasteiger partial charge in [0, 0.05) is 6.07 Å². The maximum absolute atomic E-state index is 12.3. The average molecular weight is 273 g/mol. The van der Waals surface area contributed by atoms with Gasteiger partial charge in [0.25, 0.3) is 6.43 Å². The van der Waals surface area contributed by atoms with Gasteiger partial charge in [-0.2, -0.15) is 5.26 Å². The van der Waals surface area contributed by atoms with Crippen molar-refractivity contribution in [1.82, 2.24) is 4.98 Å². The number of pyridine rings is 1. The standard InChI is InChI=1S/C8H2ClF5N2O/c9-6-4(17-8(12,13)14)1-3(2-15)5(16-6)7(10)11/h1,7H. The maximum Gasteiger partial charge on any atom is 0.573 e. The molecular formula is C8H2ClF5N2O. The lowest BCUT2D eigenvalue weighted by Crippen LogP contribution is -2.18. The van der Waals surface area contributed by atoms with E-state index in [4.69, 9.17) is 16.9 Å². The van der Waals surface area contributed by atoms with E-state index in [9.17, 15) is 22.0 Å². The highest BCUT2D eigenvalue weighted by Crippen LogP contribution is 2.33. The third-order valence-electron chi connectivity index (χ3n) is 1.53. The van der Waals surface area contributed by atoms with Gasteiger partial charge in [-0.1, -0.05) is 11.6 Å². The maximum atomic E-state index is 12.3. The molecule has 0 saturated carbocycles. The molecule has 0 atom stereocenters. The van der Waals surface area contributed by atoms with Crippen LogP contribution < -0.4 is 4.74 Å². The first kappa shape index (κ1) is 13.4. The zero-order valence-electron chi connectivity index (χ0n) is 7.73. The molecule has 0 unspecified atom stereocenters. The number of nitriles is 1. The van der Waals surface area contributed by atoms with Crippen LogP contribution >= 0.6 is 11.6 Å². The molecule has 0 aliphatic carbocycles. The van der Waals surface area contributed by atoms with Crippen molar-refractivity contribution >= 4 is 11.6 Å². The second-order valence-corrected chi connectivity index (χ2v) is 3.03. The first-order valence-corrected chi connectivity index (χ1v) is 4.27. The first-order valence-electron chi connectivity index (χ1n) is 3.89. The highest BCUT2D eigenvalue weighted by molar-refractivity contribution is 6.30. The van der Waals surface area contributed by atoms with Crippen molar-refractivity contribution in [2.75, 3.05) is 0 Å². The molecule has 92 valence electrons. The summed E-state index contributed by atoms with van der Waals surface area (Å²) in [6, 6.07) is 1.74. The van der Waals surface area contributed by atoms with Crippen LogP contribution in [-0.4, -0.2) is 11.3 Å². The smallest absolute Gasteiger partial charge is 0.402 e. The molecule has 0 N–H and O–H groups in total. The summed E-state index contributed by atoms with van der Waals surface area (Å²) in [7, 11) is 0. The van der Waals surface area contributed by atoms with Crippen LogP contribution in [0.5, 0.6) is 5.75 Å². The van der Waals surface area contributed by atoms with Crippen LogP contribution in [0.15, 0.2) is 6.07 Å². The van der Waals surface area contributed by atoms with E-state index < -0.39 is 34.9 Å². The summed E-state index contributed by atoms with van der Waals surface area (Å²) in [6.07, 6.45) is -8.17. The third-order valence-corrected chi connectivity index (χ3v) is 1.80. The van der Waals surface area contributed by atoms with Crippen molar-refractivity contribution < 1.29 is 26.7 Å². The monoisotopic (exact) mass is 272 g/mol.